The average Bonchev–Trinajstić information content (AvgIpc) is 3.16. The van der Waals surface area contributed by atoms with Gasteiger partial charge in [-0.2, -0.15) is 0 Å². The lowest BCUT2D eigenvalue weighted by Crippen LogP contribution is -2.49. The van der Waals surface area contributed by atoms with Crippen LogP contribution < -0.4 is 10.6 Å². The second kappa shape index (κ2) is 7.95. The van der Waals surface area contributed by atoms with E-state index in [4.69, 9.17) is 5.11 Å². The number of nitrogens with one attached hydrogen (secondary N) is 3. The van der Waals surface area contributed by atoms with E-state index >= 15 is 0 Å². The number of rotatable bonds is 6. The van der Waals surface area contributed by atoms with Crippen LogP contribution in [-0.2, 0) is 4.79 Å². The Labute approximate surface area is 179 Å². The van der Waals surface area contributed by atoms with Gasteiger partial charge < -0.3 is 20.7 Å². The Morgan fingerprint density at radius 1 is 0.903 bits per heavy atom. The second-order valence-corrected chi connectivity index (χ2v) is 7.77. The number of H-pyrrole nitrogens is 1. The van der Waals surface area contributed by atoms with Crippen LogP contribution in [0.5, 0.6) is 0 Å². The predicted octanol–water partition coefficient (Wildman–Crippen LogP) is 4.57. The molecule has 0 saturated carbocycles. The molecule has 4 aromatic rings. The molecule has 0 radical (unpaired) electrons. The first-order chi connectivity index (χ1) is 14.8. The van der Waals surface area contributed by atoms with Crippen molar-refractivity contribution in [3.05, 3.63) is 78.4 Å². The van der Waals surface area contributed by atoms with Crippen molar-refractivity contribution in [1.82, 2.24) is 15.3 Å². The number of carboxylic acids is 1. The molecule has 7 nitrogen and oxygen atoms in total. The van der Waals surface area contributed by atoms with E-state index in [1.807, 2.05) is 60.7 Å². The van der Waals surface area contributed by atoms with E-state index in [0.717, 1.165) is 27.8 Å². The Balaban J connectivity index is 1.45. The molecule has 4 N–H and O–H groups in total. The number of hydrogen-bond acceptors (Lipinski definition) is 4. The lowest BCUT2D eigenvalue weighted by atomic mass is 10.0. The normalized spacial score (nSPS) is 11.3. The summed E-state index contributed by atoms with van der Waals surface area (Å²) in [5.41, 5.74) is 3.78. The monoisotopic (exact) mass is 414 g/mol. The molecule has 1 amide bonds. The van der Waals surface area contributed by atoms with Gasteiger partial charge in [0.1, 0.15) is 5.54 Å². The molecule has 0 aliphatic rings. The second-order valence-electron chi connectivity index (χ2n) is 7.77. The lowest BCUT2D eigenvalue weighted by Gasteiger charge is -2.21. The van der Waals surface area contributed by atoms with Crippen LogP contribution in [-0.4, -0.2) is 32.5 Å². The van der Waals surface area contributed by atoms with Crippen LogP contribution in [0.4, 0.5) is 11.6 Å². The highest BCUT2D eigenvalue weighted by atomic mass is 16.4. The van der Waals surface area contributed by atoms with Crippen LogP contribution in [0.1, 0.15) is 24.2 Å². The number of amides is 1. The standard InChI is InChI=1S/C24H22N4O3/c1-24(2,22(30)31)28-21(29)17-9-7-15(8-10-17)16-11-13-18(14-12-16)25-23-26-19-5-3-4-6-20(19)27-23/h3-14H,1-2H3,(H,28,29)(H,30,31)(H2,25,26,27). The van der Waals surface area contributed by atoms with Crippen molar-refractivity contribution >= 4 is 34.5 Å². The fourth-order valence-electron chi connectivity index (χ4n) is 3.12. The van der Waals surface area contributed by atoms with Crippen LogP contribution >= 0.6 is 0 Å². The summed E-state index contributed by atoms with van der Waals surface area (Å²) in [6, 6.07) is 22.7. The van der Waals surface area contributed by atoms with E-state index in [0.29, 0.717) is 11.5 Å². The summed E-state index contributed by atoms with van der Waals surface area (Å²) in [5, 5.41) is 14.9. The molecule has 0 aliphatic carbocycles. The zero-order valence-corrected chi connectivity index (χ0v) is 17.1. The number of carbonyl (C=O) groups is 2. The third-order valence-electron chi connectivity index (χ3n) is 4.98. The van der Waals surface area contributed by atoms with Crippen LogP contribution in [0.25, 0.3) is 22.2 Å². The fraction of sp³-hybridized carbons (Fsp3) is 0.125. The number of aliphatic carboxylic acids is 1. The highest BCUT2D eigenvalue weighted by Crippen LogP contribution is 2.24. The molecule has 0 fully saturated rings. The number of imidazole rings is 1. The van der Waals surface area contributed by atoms with Crippen molar-refractivity contribution in [2.45, 2.75) is 19.4 Å². The van der Waals surface area contributed by atoms with Crippen LogP contribution in [0.2, 0.25) is 0 Å². The van der Waals surface area contributed by atoms with Gasteiger partial charge in [-0.3, -0.25) is 4.79 Å². The van der Waals surface area contributed by atoms with Gasteiger partial charge in [-0.05, 0) is 61.4 Å². The first kappa shape index (κ1) is 20.2. The van der Waals surface area contributed by atoms with E-state index in [-0.39, 0.29) is 0 Å². The maximum atomic E-state index is 12.3. The van der Waals surface area contributed by atoms with Gasteiger partial charge in [0.05, 0.1) is 11.0 Å². The maximum absolute atomic E-state index is 12.3. The Hall–Kier alpha value is -4.13. The zero-order valence-electron chi connectivity index (χ0n) is 17.1. The zero-order chi connectivity index (χ0) is 22.0. The van der Waals surface area contributed by atoms with Crippen molar-refractivity contribution in [1.29, 1.82) is 0 Å². The van der Waals surface area contributed by atoms with Crippen LogP contribution in [0, 0.1) is 0 Å². The Kier molecular flexibility index (Phi) is 5.17. The number of carbonyl (C=O) groups excluding carboxylic acids is 1. The van der Waals surface area contributed by atoms with Crippen molar-refractivity contribution in [2.24, 2.45) is 0 Å². The van der Waals surface area contributed by atoms with Crippen LogP contribution in [0.15, 0.2) is 72.8 Å². The molecular weight excluding hydrogens is 392 g/mol. The van der Waals surface area contributed by atoms with E-state index < -0.39 is 17.4 Å². The summed E-state index contributed by atoms with van der Waals surface area (Å²) in [5.74, 6) is -0.841. The molecule has 0 atom stereocenters. The Morgan fingerprint density at radius 3 is 2.13 bits per heavy atom. The van der Waals surface area contributed by atoms with Crippen LogP contribution in [0.3, 0.4) is 0 Å². The van der Waals surface area contributed by atoms with E-state index in [2.05, 4.69) is 20.6 Å². The summed E-state index contributed by atoms with van der Waals surface area (Å²) in [6.07, 6.45) is 0. The molecule has 1 heterocycles. The van der Waals surface area contributed by atoms with Gasteiger partial charge in [-0.25, -0.2) is 9.78 Å². The summed E-state index contributed by atoms with van der Waals surface area (Å²) in [7, 11) is 0. The van der Waals surface area contributed by atoms with Crippen molar-refractivity contribution in [3.8, 4) is 11.1 Å². The molecule has 3 aromatic carbocycles. The topological polar surface area (TPSA) is 107 Å². The molecule has 156 valence electrons. The molecule has 31 heavy (non-hydrogen) atoms. The fourth-order valence-corrected chi connectivity index (χ4v) is 3.12. The van der Waals surface area contributed by atoms with Gasteiger partial charge in [-0.1, -0.05) is 36.4 Å². The maximum Gasteiger partial charge on any atom is 0.328 e. The number of carboxylic acid groups (broad SMARTS) is 1. The molecule has 0 bridgehead atoms. The first-order valence-electron chi connectivity index (χ1n) is 9.80. The van der Waals surface area contributed by atoms with Crippen molar-refractivity contribution in [2.75, 3.05) is 5.32 Å². The molecular formula is C24H22N4O3. The first-order valence-corrected chi connectivity index (χ1v) is 9.80. The van der Waals surface area contributed by atoms with Gasteiger partial charge in [0.2, 0.25) is 5.95 Å². The van der Waals surface area contributed by atoms with Gasteiger partial charge in [-0.15, -0.1) is 0 Å². The number of para-hydroxylation sites is 2. The highest BCUT2D eigenvalue weighted by Gasteiger charge is 2.29. The molecule has 0 unspecified atom stereocenters. The number of benzene rings is 3. The molecule has 0 spiro atoms. The molecule has 4 rings (SSSR count). The SMILES string of the molecule is CC(C)(NC(=O)c1ccc(-c2ccc(Nc3nc4ccccc4[nH]3)cc2)cc1)C(=O)O. The van der Waals surface area contributed by atoms with Crippen molar-refractivity contribution < 1.29 is 14.7 Å². The van der Waals surface area contributed by atoms with Gasteiger partial charge in [0.25, 0.3) is 5.91 Å². The number of anilines is 2. The third kappa shape index (κ3) is 4.40. The summed E-state index contributed by atoms with van der Waals surface area (Å²) < 4.78 is 0. The number of aromatic amines is 1. The Bertz CT molecular complexity index is 1210. The minimum Gasteiger partial charge on any atom is -0.480 e. The average molecular weight is 414 g/mol. The predicted molar refractivity (Wildman–Crippen MR) is 120 cm³/mol. The number of aromatic nitrogens is 2. The van der Waals surface area contributed by atoms with E-state index in [9.17, 15) is 9.59 Å². The van der Waals surface area contributed by atoms with E-state index in [1.54, 1.807) is 12.1 Å². The van der Waals surface area contributed by atoms with E-state index in [1.165, 1.54) is 13.8 Å². The van der Waals surface area contributed by atoms with Gasteiger partial charge in [0.15, 0.2) is 0 Å². The number of nitrogens with zero attached hydrogens (tertiary/aromatic N) is 1. The smallest absolute Gasteiger partial charge is 0.328 e. The summed E-state index contributed by atoms with van der Waals surface area (Å²) >= 11 is 0. The number of hydrogen-bond donors (Lipinski definition) is 4. The minimum atomic E-state index is -1.33. The molecule has 1 aromatic heterocycles. The largest absolute Gasteiger partial charge is 0.480 e. The number of fused-ring (bicyclic) bond motifs is 1. The summed E-state index contributed by atoms with van der Waals surface area (Å²) in [6.45, 7) is 2.89. The molecule has 0 aliphatic heterocycles. The van der Waals surface area contributed by atoms with Crippen molar-refractivity contribution in [3.63, 3.8) is 0 Å². The third-order valence-corrected chi connectivity index (χ3v) is 4.98. The van der Waals surface area contributed by atoms with Gasteiger partial charge in [0, 0.05) is 11.3 Å². The lowest BCUT2D eigenvalue weighted by molar-refractivity contribution is -0.143. The highest BCUT2D eigenvalue weighted by molar-refractivity contribution is 5.98. The van der Waals surface area contributed by atoms with Gasteiger partial charge >= 0.3 is 5.97 Å². The molecule has 7 heteroatoms. The minimum absolute atomic E-state index is 0.404. The quantitative estimate of drug-likeness (QED) is 0.370. The Morgan fingerprint density at radius 2 is 1.52 bits per heavy atom. The molecule has 0 saturated heterocycles. The summed E-state index contributed by atoms with van der Waals surface area (Å²) in [4.78, 5) is 31.2.